The summed E-state index contributed by atoms with van der Waals surface area (Å²) in [4.78, 5) is 24.9. The number of urea groups is 1. The summed E-state index contributed by atoms with van der Waals surface area (Å²) in [7, 11) is 1.54. The third kappa shape index (κ3) is 3.26. The van der Waals surface area contributed by atoms with Gasteiger partial charge in [0.25, 0.3) is 0 Å². The molecule has 2 atom stereocenters. The highest BCUT2D eigenvalue weighted by atomic mass is 16.5. The van der Waals surface area contributed by atoms with Crippen molar-refractivity contribution in [2.75, 3.05) is 25.5 Å². The second-order valence-electron chi connectivity index (χ2n) is 5.46. The highest BCUT2D eigenvalue weighted by Crippen LogP contribution is 2.27. The van der Waals surface area contributed by atoms with E-state index in [9.17, 15) is 9.59 Å². The van der Waals surface area contributed by atoms with Crippen LogP contribution in [0.2, 0.25) is 0 Å². The summed E-state index contributed by atoms with van der Waals surface area (Å²) in [6, 6.07) is 5.21. The van der Waals surface area contributed by atoms with E-state index in [1.165, 1.54) is 4.90 Å². The molecule has 1 aliphatic heterocycles. The number of likely N-dealkylation sites (tertiary alicyclic amines) is 1. The van der Waals surface area contributed by atoms with Crippen molar-refractivity contribution < 1.29 is 19.4 Å². The zero-order valence-electron chi connectivity index (χ0n) is 12.4. The van der Waals surface area contributed by atoms with Gasteiger partial charge in [-0.25, -0.2) is 4.79 Å². The van der Waals surface area contributed by atoms with Crippen LogP contribution < -0.4 is 10.1 Å². The minimum absolute atomic E-state index is 0.0485. The number of methoxy groups -OCH3 is 1. The Morgan fingerprint density at radius 3 is 2.67 bits per heavy atom. The molecule has 0 bridgehead atoms. The number of carboxylic acid groups (broad SMARTS) is 1. The lowest BCUT2D eigenvalue weighted by Crippen LogP contribution is -2.34. The van der Waals surface area contributed by atoms with Crippen LogP contribution in [0.15, 0.2) is 18.2 Å². The molecule has 6 nitrogen and oxygen atoms in total. The van der Waals surface area contributed by atoms with Crippen LogP contribution in [0.5, 0.6) is 5.75 Å². The van der Waals surface area contributed by atoms with E-state index in [0.29, 0.717) is 18.0 Å². The van der Waals surface area contributed by atoms with Crippen molar-refractivity contribution in [1.82, 2.24) is 4.90 Å². The topological polar surface area (TPSA) is 78.9 Å². The van der Waals surface area contributed by atoms with Crippen LogP contribution >= 0.6 is 0 Å². The molecule has 0 aliphatic carbocycles. The van der Waals surface area contributed by atoms with Crippen LogP contribution in [0, 0.1) is 18.8 Å². The van der Waals surface area contributed by atoms with E-state index < -0.39 is 11.9 Å². The Morgan fingerprint density at radius 1 is 1.38 bits per heavy atom. The summed E-state index contributed by atoms with van der Waals surface area (Å²) in [5.74, 6) is -0.829. The van der Waals surface area contributed by atoms with Gasteiger partial charge in [-0.1, -0.05) is 13.0 Å². The predicted octanol–water partition coefficient (Wildman–Crippen LogP) is 2.19. The Hall–Kier alpha value is -2.24. The highest BCUT2D eigenvalue weighted by Gasteiger charge is 2.37. The summed E-state index contributed by atoms with van der Waals surface area (Å²) in [6.07, 6.45) is 0. The van der Waals surface area contributed by atoms with E-state index in [2.05, 4.69) is 5.32 Å². The van der Waals surface area contributed by atoms with Crippen molar-refractivity contribution in [3.05, 3.63) is 23.8 Å². The number of nitrogens with one attached hydrogen (secondary N) is 1. The second-order valence-corrected chi connectivity index (χ2v) is 5.46. The van der Waals surface area contributed by atoms with Gasteiger partial charge in [0, 0.05) is 13.1 Å². The van der Waals surface area contributed by atoms with Gasteiger partial charge in [-0.2, -0.15) is 0 Å². The van der Waals surface area contributed by atoms with Crippen molar-refractivity contribution in [1.29, 1.82) is 0 Å². The van der Waals surface area contributed by atoms with Gasteiger partial charge in [-0.05, 0) is 30.5 Å². The van der Waals surface area contributed by atoms with E-state index in [1.807, 2.05) is 26.0 Å². The lowest BCUT2D eigenvalue weighted by Gasteiger charge is -2.18. The maximum Gasteiger partial charge on any atom is 0.321 e. The van der Waals surface area contributed by atoms with Gasteiger partial charge in [0.05, 0.1) is 18.7 Å². The average Bonchev–Trinajstić information content (AvgIpc) is 2.81. The van der Waals surface area contributed by atoms with Crippen molar-refractivity contribution in [2.24, 2.45) is 11.8 Å². The van der Waals surface area contributed by atoms with Gasteiger partial charge in [0.1, 0.15) is 5.75 Å². The number of amides is 2. The molecule has 1 fully saturated rings. The largest absolute Gasteiger partial charge is 0.495 e. The molecule has 1 aromatic carbocycles. The summed E-state index contributed by atoms with van der Waals surface area (Å²) in [5, 5.41) is 11.9. The molecule has 2 N–H and O–H groups in total. The maximum atomic E-state index is 12.3. The molecule has 1 aliphatic rings. The normalized spacial score (nSPS) is 21.2. The fourth-order valence-corrected chi connectivity index (χ4v) is 2.57. The average molecular weight is 292 g/mol. The zero-order chi connectivity index (χ0) is 15.6. The third-order valence-electron chi connectivity index (χ3n) is 3.81. The number of hydrogen-bond donors (Lipinski definition) is 2. The van der Waals surface area contributed by atoms with Gasteiger partial charge in [0.2, 0.25) is 0 Å². The van der Waals surface area contributed by atoms with Crippen LogP contribution in [-0.2, 0) is 4.79 Å². The standard InChI is InChI=1S/C15H20N2O4/c1-9-4-5-13(21-3)12(6-9)16-15(20)17-7-10(2)11(8-17)14(18)19/h4-6,10-11H,7-8H2,1-3H3,(H,16,20)(H,18,19). The summed E-state index contributed by atoms with van der Waals surface area (Å²) in [5.41, 5.74) is 1.60. The number of hydrogen-bond acceptors (Lipinski definition) is 3. The second kappa shape index (κ2) is 6.03. The van der Waals surface area contributed by atoms with Gasteiger partial charge in [-0.3, -0.25) is 4.79 Å². The molecule has 1 heterocycles. The Bertz CT molecular complexity index is 559. The molecule has 2 unspecified atom stereocenters. The number of carbonyl (C=O) groups is 2. The minimum Gasteiger partial charge on any atom is -0.495 e. The first-order chi connectivity index (χ1) is 9.92. The van der Waals surface area contributed by atoms with E-state index in [0.717, 1.165) is 5.56 Å². The molecule has 0 aromatic heterocycles. The Kier molecular flexibility index (Phi) is 4.35. The maximum absolute atomic E-state index is 12.3. The van der Waals surface area contributed by atoms with Crippen LogP contribution in [0.4, 0.5) is 10.5 Å². The molecule has 2 amide bonds. The summed E-state index contributed by atoms with van der Waals surface area (Å²) in [6.45, 7) is 4.44. The van der Waals surface area contributed by atoms with E-state index in [4.69, 9.17) is 9.84 Å². The number of carboxylic acids is 1. The number of carbonyl (C=O) groups excluding carboxylic acids is 1. The van der Waals surface area contributed by atoms with E-state index in [-0.39, 0.29) is 18.5 Å². The fourth-order valence-electron chi connectivity index (χ4n) is 2.57. The first-order valence-corrected chi connectivity index (χ1v) is 6.85. The van der Waals surface area contributed by atoms with E-state index in [1.54, 1.807) is 13.2 Å². The number of rotatable bonds is 3. The summed E-state index contributed by atoms with van der Waals surface area (Å²) < 4.78 is 5.22. The van der Waals surface area contributed by atoms with Crippen molar-refractivity contribution >= 4 is 17.7 Å². The molecule has 0 saturated carbocycles. The van der Waals surface area contributed by atoms with Crippen molar-refractivity contribution in [3.8, 4) is 5.75 Å². The monoisotopic (exact) mass is 292 g/mol. The lowest BCUT2D eigenvalue weighted by atomic mass is 9.99. The number of aliphatic carboxylic acids is 1. The van der Waals surface area contributed by atoms with Crippen LogP contribution in [0.3, 0.4) is 0 Å². The predicted molar refractivity (Wildman–Crippen MR) is 78.6 cm³/mol. The molecule has 2 rings (SSSR count). The lowest BCUT2D eigenvalue weighted by molar-refractivity contribution is -0.142. The molecular weight excluding hydrogens is 272 g/mol. The smallest absolute Gasteiger partial charge is 0.321 e. The first-order valence-electron chi connectivity index (χ1n) is 6.85. The number of anilines is 1. The van der Waals surface area contributed by atoms with Crippen LogP contribution in [-0.4, -0.2) is 42.2 Å². The fraction of sp³-hybridized carbons (Fsp3) is 0.467. The molecule has 1 aromatic rings. The molecule has 114 valence electrons. The van der Waals surface area contributed by atoms with Gasteiger partial charge in [0.15, 0.2) is 0 Å². The third-order valence-corrected chi connectivity index (χ3v) is 3.81. The molecule has 0 radical (unpaired) electrons. The van der Waals surface area contributed by atoms with Gasteiger partial charge < -0.3 is 20.1 Å². The number of aryl methyl sites for hydroxylation is 1. The number of benzene rings is 1. The molecular formula is C15H20N2O4. The zero-order valence-corrected chi connectivity index (χ0v) is 12.4. The highest BCUT2D eigenvalue weighted by molar-refractivity contribution is 5.91. The van der Waals surface area contributed by atoms with Gasteiger partial charge >= 0.3 is 12.0 Å². The SMILES string of the molecule is COc1ccc(C)cc1NC(=O)N1CC(C)C(C(=O)O)C1. The summed E-state index contributed by atoms with van der Waals surface area (Å²) >= 11 is 0. The number of nitrogens with zero attached hydrogens (tertiary/aromatic N) is 1. The van der Waals surface area contributed by atoms with Gasteiger partial charge in [-0.15, -0.1) is 0 Å². The number of ether oxygens (including phenoxy) is 1. The van der Waals surface area contributed by atoms with Crippen molar-refractivity contribution in [2.45, 2.75) is 13.8 Å². The molecule has 0 spiro atoms. The van der Waals surface area contributed by atoms with E-state index >= 15 is 0 Å². The Labute approximate surface area is 123 Å². The van der Waals surface area contributed by atoms with Crippen LogP contribution in [0.1, 0.15) is 12.5 Å². The molecule has 21 heavy (non-hydrogen) atoms. The molecule has 6 heteroatoms. The Morgan fingerprint density at radius 2 is 2.10 bits per heavy atom. The minimum atomic E-state index is -0.856. The van der Waals surface area contributed by atoms with Crippen LogP contribution in [0.25, 0.3) is 0 Å². The molecule has 1 saturated heterocycles. The quantitative estimate of drug-likeness (QED) is 0.895. The van der Waals surface area contributed by atoms with Crippen molar-refractivity contribution in [3.63, 3.8) is 0 Å². The Balaban J connectivity index is 2.09. The first kappa shape index (κ1) is 15.2.